The molecule has 1 aromatic rings. The average molecular weight is 389 g/mol. The second-order valence-corrected chi connectivity index (χ2v) is 7.38. The molecule has 1 atom stereocenters. The lowest BCUT2D eigenvalue weighted by atomic mass is 9.81. The van der Waals surface area contributed by atoms with Crippen LogP contribution in [-0.2, 0) is 9.63 Å². The first-order valence-corrected chi connectivity index (χ1v) is 9.67. The van der Waals surface area contributed by atoms with E-state index in [-0.39, 0.29) is 29.2 Å². The molecule has 2 saturated carbocycles. The van der Waals surface area contributed by atoms with E-state index in [9.17, 15) is 25.0 Å². The number of nitro groups is 2. The summed E-state index contributed by atoms with van der Waals surface area (Å²) in [6.07, 6.45) is 7.68. The number of carbonyl (C=O) groups is 1. The minimum absolute atomic E-state index is 0.131. The Kier molecular flexibility index (Phi) is 6.33. The predicted octanol–water partition coefficient (Wildman–Crippen LogP) is 4.64. The van der Waals surface area contributed by atoms with Gasteiger partial charge in [-0.25, -0.2) is 4.79 Å². The number of rotatable bonds is 5. The summed E-state index contributed by atoms with van der Waals surface area (Å²) in [7, 11) is 0. The van der Waals surface area contributed by atoms with E-state index in [4.69, 9.17) is 4.84 Å². The molecule has 2 fully saturated rings. The number of benzene rings is 1. The molecule has 9 nitrogen and oxygen atoms in total. The van der Waals surface area contributed by atoms with Crippen molar-refractivity contribution in [2.75, 3.05) is 0 Å². The highest BCUT2D eigenvalue weighted by molar-refractivity contribution is 5.92. The Morgan fingerprint density at radius 3 is 2.39 bits per heavy atom. The van der Waals surface area contributed by atoms with Gasteiger partial charge in [0, 0.05) is 17.5 Å². The summed E-state index contributed by atoms with van der Waals surface area (Å²) in [5.41, 5.74) is 0.344. The van der Waals surface area contributed by atoms with Crippen molar-refractivity contribution in [3.8, 4) is 0 Å². The van der Waals surface area contributed by atoms with Gasteiger partial charge in [-0.05, 0) is 38.2 Å². The molecule has 150 valence electrons. The summed E-state index contributed by atoms with van der Waals surface area (Å²) in [4.78, 5) is 38.6. The molecule has 1 aromatic carbocycles. The Balaban J connectivity index is 1.83. The molecular formula is C19H23N3O6. The van der Waals surface area contributed by atoms with Crippen LogP contribution in [-0.4, -0.2) is 21.5 Å². The van der Waals surface area contributed by atoms with Gasteiger partial charge in [0.2, 0.25) is 0 Å². The summed E-state index contributed by atoms with van der Waals surface area (Å²) in [6, 6.07) is 3.67. The fourth-order valence-electron chi connectivity index (χ4n) is 4.05. The lowest BCUT2D eigenvalue weighted by Crippen LogP contribution is -2.22. The third-order valence-electron chi connectivity index (χ3n) is 5.57. The van der Waals surface area contributed by atoms with E-state index in [0.29, 0.717) is 24.1 Å². The van der Waals surface area contributed by atoms with E-state index in [1.807, 2.05) is 0 Å². The lowest BCUT2D eigenvalue weighted by molar-refractivity contribution is -0.394. The Labute approximate surface area is 162 Å². The topological polar surface area (TPSA) is 125 Å². The van der Waals surface area contributed by atoms with Crippen LogP contribution < -0.4 is 0 Å². The molecule has 0 aliphatic heterocycles. The fraction of sp³-hybridized carbons (Fsp3) is 0.579. The molecule has 0 saturated heterocycles. The van der Waals surface area contributed by atoms with Crippen LogP contribution in [0.25, 0.3) is 0 Å². The van der Waals surface area contributed by atoms with Gasteiger partial charge in [0.15, 0.2) is 0 Å². The zero-order valence-corrected chi connectivity index (χ0v) is 15.5. The minimum Gasteiger partial charge on any atom is -0.318 e. The molecule has 2 aliphatic rings. The molecule has 0 heterocycles. The standard InChI is InChI=1S/C19H23N3O6/c23-19(13-6-2-1-3-7-13)28-20-17-9-5-4-8-15(17)16-11-10-14(21(24)25)12-18(16)22(26)27/h10-13,15H,1-9H2/t15-/m0/s1. The van der Waals surface area contributed by atoms with Gasteiger partial charge in [-0.2, -0.15) is 0 Å². The van der Waals surface area contributed by atoms with Gasteiger partial charge in [0.25, 0.3) is 11.4 Å². The van der Waals surface area contributed by atoms with E-state index in [2.05, 4.69) is 5.16 Å². The van der Waals surface area contributed by atoms with Crippen molar-refractivity contribution in [2.24, 2.45) is 11.1 Å². The fourth-order valence-corrected chi connectivity index (χ4v) is 4.05. The summed E-state index contributed by atoms with van der Waals surface area (Å²) in [5, 5.41) is 26.5. The van der Waals surface area contributed by atoms with Gasteiger partial charge < -0.3 is 4.84 Å². The molecule has 0 amide bonds. The Bertz CT molecular complexity index is 801. The predicted molar refractivity (Wildman–Crippen MR) is 101 cm³/mol. The third-order valence-corrected chi connectivity index (χ3v) is 5.57. The zero-order chi connectivity index (χ0) is 20.1. The molecule has 0 N–H and O–H groups in total. The largest absolute Gasteiger partial charge is 0.338 e. The molecule has 0 spiro atoms. The van der Waals surface area contributed by atoms with Crippen LogP contribution in [0.3, 0.4) is 0 Å². The first kappa shape index (κ1) is 19.9. The van der Waals surface area contributed by atoms with Crippen molar-refractivity contribution in [3.63, 3.8) is 0 Å². The van der Waals surface area contributed by atoms with Gasteiger partial charge in [-0.15, -0.1) is 0 Å². The van der Waals surface area contributed by atoms with E-state index in [1.165, 1.54) is 12.1 Å². The van der Waals surface area contributed by atoms with E-state index in [1.54, 1.807) is 0 Å². The Morgan fingerprint density at radius 2 is 1.71 bits per heavy atom. The smallest absolute Gasteiger partial charge is 0.318 e. The number of hydrogen-bond donors (Lipinski definition) is 0. The second kappa shape index (κ2) is 8.90. The first-order chi connectivity index (χ1) is 13.5. The quantitative estimate of drug-likeness (QED) is 0.410. The van der Waals surface area contributed by atoms with Crippen LogP contribution in [0.2, 0.25) is 0 Å². The van der Waals surface area contributed by atoms with Crippen molar-refractivity contribution in [2.45, 2.75) is 63.7 Å². The SMILES string of the molecule is O=C(ON=C1CCCC[C@H]1c1ccc([N+](=O)[O-])cc1[N+](=O)[O-])C1CCCCC1. The van der Waals surface area contributed by atoms with Gasteiger partial charge >= 0.3 is 5.97 Å². The molecule has 3 rings (SSSR count). The molecule has 9 heteroatoms. The summed E-state index contributed by atoms with van der Waals surface area (Å²) in [5.74, 6) is -0.849. The maximum atomic E-state index is 12.3. The molecule has 0 bridgehead atoms. The van der Waals surface area contributed by atoms with Crippen molar-refractivity contribution < 1.29 is 19.5 Å². The molecule has 0 aromatic heterocycles. The van der Waals surface area contributed by atoms with Crippen molar-refractivity contribution in [3.05, 3.63) is 44.0 Å². The van der Waals surface area contributed by atoms with Crippen LogP contribution in [0, 0.1) is 26.1 Å². The highest BCUT2D eigenvalue weighted by Gasteiger charge is 2.31. The Morgan fingerprint density at radius 1 is 1.00 bits per heavy atom. The number of hydrogen-bond acceptors (Lipinski definition) is 7. The normalized spacial score (nSPS) is 22.0. The van der Waals surface area contributed by atoms with Gasteiger partial charge in [0.05, 0.1) is 27.5 Å². The van der Waals surface area contributed by atoms with Gasteiger partial charge in [-0.1, -0.05) is 30.8 Å². The van der Waals surface area contributed by atoms with E-state index < -0.39 is 9.85 Å². The zero-order valence-electron chi connectivity index (χ0n) is 15.5. The third kappa shape index (κ3) is 4.52. The number of nitrogens with zero attached hydrogens (tertiary/aromatic N) is 3. The molecule has 28 heavy (non-hydrogen) atoms. The van der Waals surface area contributed by atoms with Crippen molar-refractivity contribution in [1.82, 2.24) is 0 Å². The highest BCUT2D eigenvalue weighted by atomic mass is 16.7. The lowest BCUT2D eigenvalue weighted by Gasteiger charge is -2.24. The van der Waals surface area contributed by atoms with Gasteiger partial charge in [0.1, 0.15) is 0 Å². The monoisotopic (exact) mass is 389 g/mol. The van der Waals surface area contributed by atoms with Crippen LogP contribution in [0.15, 0.2) is 23.4 Å². The molecule has 0 radical (unpaired) electrons. The minimum atomic E-state index is -0.654. The van der Waals surface area contributed by atoms with E-state index in [0.717, 1.165) is 51.0 Å². The first-order valence-electron chi connectivity index (χ1n) is 9.67. The van der Waals surface area contributed by atoms with Crippen LogP contribution >= 0.6 is 0 Å². The summed E-state index contributed by atoms with van der Waals surface area (Å²) >= 11 is 0. The number of carbonyl (C=O) groups excluding carboxylic acids is 1. The molecule has 0 unspecified atom stereocenters. The summed E-state index contributed by atoms with van der Waals surface area (Å²) in [6.45, 7) is 0. The van der Waals surface area contributed by atoms with Crippen LogP contribution in [0.1, 0.15) is 69.3 Å². The van der Waals surface area contributed by atoms with Crippen LogP contribution in [0.4, 0.5) is 11.4 Å². The second-order valence-electron chi connectivity index (χ2n) is 7.38. The molecule has 2 aliphatic carbocycles. The maximum Gasteiger partial charge on any atom is 0.338 e. The number of non-ortho nitro benzene ring substituents is 1. The average Bonchev–Trinajstić information content (AvgIpc) is 2.72. The van der Waals surface area contributed by atoms with Crippen molar-refractivity contribution >= 4 is 23.1 Å². The molecular weight excluding hydrogens is 366 g/mol. The summed E-state index contributed by atoms with van der Waals surface area (Å²) < 4.78 is 0. The van der Waals surface area contributed by atoms with Crippen molar-refractivity contribution in [1.29, 1.82) is 0 Å². The number of nitro benzene ring substituents is 2. The maximum absolute atomic E-state index is 12.3. The Hall–Kier alpha value is -2.84. The van der Waals surface area contributed by atoms with Crippen LogP contribution in [0.5, 0.6) is 0 Å². The van der Waals surface area contributed by atoms with Gasteiger partial charge in [-0.3, -0.25) is 20.2 Å². The number of oxime groups is 1. The highest BCUT2D eigenvalue weighted by Crippen LogP contribution is 2.38. The van der Waals surface area contributed by atoms with E-state index >= 15 is 0 Å².